The van der Waals surface area contributed by atoms with Gasteiger partial charge < -0.3 is 5.73 Å². The zero-order chi connectivity index (χ0) is 9.14. The summed E-state index contributed by atoms with van der Waals surface area (Å²) in [4.78, 5) is 0. The Labute approximate surface area is 99.6 Å². The molecule has 2 N–H and O–H groups in total. The molecule has 0 saturated carbocycles. The summed E-state index contributed by atoms with van der Waals surface area (Å²) >= 11 is 6.60. The molecule has 1 rings (SSSR count). The molecule has 0 aliphatic heterocycles. The Balaban J connectivity index is 0.00000144. The zero-order valence-electron chi connectivity index (χ0n) is 6.64. The monoisotopic (exact) mass is 331 g/mol. The van der Waals surface area contributed by atoms with Crippen molar-refractivity contribution < 1.29 is 4.39 Å². The Morgan fingerprint density at radius 1 is 1.23 bits per heavy atom. The molecule has 5 heteroatoms. The average molecular weight is 333 g/mol. The van der Waals surface area contributed by atoms with Gasteiger partial charge in [-0.3, -0.25) is 0 Å². The van der Waals surface area contributed by atoms with E-state index < -0.39 is 12.7 Å². The Hall–Kier alpha value is 0.360. The molecule has 0 aliphatic carbocycles. The molecule has 0 bridgehead atoms. The van der Waals surface area contributed by atoms with Gasteiger partial charge in [-0.05, 0) is 23.8 Å². The molecule has 0 heterocycles. The van der Waals surface area contributed by atoms with E-state index in [9.17, 15) is 4.39 Å². The van der Waals surface area contributed by atoms with E-state index >= 15 is 0 Å². The van der Waals surface area contributed by atoms with E-state index in [4.69, 9.17) is 5.73 Å². The maximum atomic E-state index is 12.2. The van der Waals surface area contributed by atoms with Crippen LogP contribution in [-0.2, 0) is 0 Å². The molecule has 1 aromatic carbocycles. The number of hydrogen-bond acceptors (Lipinski definition) is 1. The van der Waals surface area contributed by atoms with Crippen LogP contribution in [0.25, 0.3) is 0 Å². The number of halogens is 4. The summed E-state index contributed by atoms with van der Waals surface area (Å²) < 4.78 is 14.0. The molecule has 0 unspecified atom stereocenters. The fourth-order valence-corrected chi connectivity index (χ4v) is 2.21. The van der Waals surface area contributed by atoms with Crippen LogP contribution in [0.15, 0.2) is 27.1 Å². The summed E-state index contributed by atoms with van der Waals surface area (Å²) in [5.41, 5.74) is 6.31. The molecule has 13 heavy (non-hydrogen) atoms. The third-order valence-corrected chi connectivity index (χ3v) is 2.39. The Bertz CT molecular complexity index is 263. The minimum Gasteiger partial charge on any atom is -0.322 e. The Kier molecular flexibility index (Phi) is 6.12. The van der Waals surface area contributed by atoms with Crippen LogP contribution >= 0.6 is 44.3 Å². The van der Waals surface area contributed by atoms with Crippen molar-refractivity contribution in [3.8, 4) is 0 Å². The van der Waals surface area contributed by atoms with Gasteiger partial charge >= 0.3 is 0 Å². The van der Waals surface area contributed by atoms with Gasteiger partial charge in [-0.1, -0.05) is 31.9 Å². The highest BCUT2D eigenvalue weighted by atomic mass is 79.9. The highest BCUT2D eigenvalue weighted by Crippen LogP contribution is 2.23. The quantitative estimate of drug-likeness (QED) is 0.879. The van der Waals surface area contributed by atoms with Gasteiger partial charge in [0, 0.05) is 8.95 Å². The second-order valence-electron chi connectivity index (χ2n) is 2.46. The summed E-state index contributed by atoms with van der Waals surface area (Å²) in [6.45, 7) is -0.539. The topological polar surface area (TPSA) is 26.0 Å². The van der Waals surface area contributed by atoms with Crippen molar-refractivity contribution in [2.75, 3.05) is 6.67 Å². The van der Waals surface area contributed by atoms with Gasteiger partial charge in [0.1, 0.15) is 6.67 Å². The third-order valence-electron chi connectivity index (χ3n) is 1.48. The number of hydrogen-bond donors (Lipinski definition) is 1. The normalized spacial score (nSPS) is 12.0. The Morgan fingerprint density at radius 3 is 2.08 bits per heavy atom. The Morgan fingerprint density at radius 2 is 1.69 bits per heavy atom. The van der Waals surface area contributed by atoms with Crippen molar-refractivity contribution in [1.29, 1.82) is 0 Å². The van der Waals surface area contributed by atoms with Crippen LogP contribution in [0, 0.1) is 0 Å². The fraction of sp³-hybridized carbons (Fsp3) is 0.250. The lowest BCUT2D eigenvalue weighted by Gasteiger charge is -2.08. The van der Waals surface area contributed by atoms with E-state index in [1.165, 1.54) is 0 Å². The molecular formula is C8H9Br2ClFN. The van der Waals surface area contributed by atoms with Crippen LogP contribution in [0.3, 0.4) is 0 Å². The SMILES string of the molecule is Cl.N[C@H](CF)c1cc(Br)cc(Br)c1. The predicted molar refractivity (Wildman–Crippen MR) is 62.0 cm³/mol. The van der Waals surface area contributed by atoms with Crippen molar-refractivity contribution in [3.63, 3.8) is 0 Å². The number of rotatable bonds is 2. The maximum absolute atomic E-state index is 12.2. The molecular weight excluding hydrogens is 324 g/mol. The average Bonchev–Trinajstić information content (AvgIpc) is 2.01. The lowest BCUT2D eigenvalue weighted by Crippen LogP contribution is -2.11. The summed E-state index contributed by atoms with van der Waals surface area (Å²) in [6.07, 6.45) is 0. The molecule has 0 fully saturated rings. The summed E-state index contributed by atoms with van der Waals surface area (Å²) in [5, 5.41) is 0. The van der Waals surface area contributed by atoms with Crippen molar-refractivity contribution in [2.24, 2.45) is 5.73 Å². The van der Waals surface area contributed by atoms with Gasteiger partial charge in [-0.25, -0.2) is 4.39 Å². The van der Waals surface area contributed by atoms with Crippen LogP contribution < -0.4 is 5.73 Å². The van der Waals surface area contributed by atoms with Gasteiger partial charge in [-0.2, -0.15) is 0 Å². The first-order valence-corrected chi connectivity index (χ1v) is 4.99. The molecule has 0 saturated heterocycles. The van der Waals surface area contributed by atoms with Crippen molar-refractivity contribution in [3.05, 3.63) is 32.7 Å². The molecule has 0 aliphatic rings. The summed E-state index contributed by atoms with van der Waals surface area (Å²) in [7, 11) is 0. The van der Waals surface area contributed by atoms with E-state index in [0.29, 0.717) is 0 Å². The first-order valence-electron chi connectivity index (χ1n) is 3.41. The third kappa shape index (κ3) is 3.94. The van der Waals surface area contributed by atoms with Gasteiger partial charge in [0.15, 0.2) is 0 Å². The summed E-state index contributed by atoms with van der Waals surface area (Å²) in [6, 6.07) is 4.98. The number of benzene rings is 1. The molecule has 0 spiro atoms. The fourth-order valence-electron chi connectivity index (χ4n) is 0.878. The van der Waals surface area contributed by atoms with Gasteiger partial charge in [0.05, 0.1) is 6.04 Å². The van der Waals surface area contributed by atoms with Crippen LogP contribution in [0.1, 0.15) is 11.6 Å². The van der Waals surface area contributed by atoms with E-state index in [1.807, 2.05) is 18.2 Å². The van der Waals surface area contributed by atoms with E-state index in [0.717, 1.165) is 14.5 Å². The first-order chi connectivity index (χ1) is 5.63. The highest BCUT2D eigenvalue weighted by molar-refractivity contribution is 9.11. The van der Waals surface area contributed by atoms with Gasteiger partial charge in [-0.15, -0.1) is 12.4 Å². The van der Waals surface area contributed by atoms with Crippen LogP contribution in [-0.4, -0.2) is 6.67 Å². The number of alkyl halides is 1. The lowest BCUT2D eigenvalue weighted by atomic mass is 10.1. The highest BCUT2D eigenvalue weighted by Gasteiger charge is 2.06. The van der Waals surface area contributed by atoms with Crippen molar-refractivity contribution in [1.82, 2.24) is 0 Å². The minimum atomic E-state index is -0.539. The van der Waals surface area contributed by atoms with Gasteiger partial charge in [0.2, 0.25) is 0 Å². The van der Waals surface area contributed by atoms with Crippen LogP contribution in [0.4, 0.5) is 4.39 Å². The summed E-state index contributed by atoms with van der Waals surface area (Å²) in [5.74, 6) is 0. The van der Waals surface area contributed by atoms with Crippen LogP contribution in [0.2, 0.25) is 0 Å². The maximum Gasteiger partial charge on any atom is 0.109 e. The van der Waals surface area contributed by atoms with Gasteiger partial charge in [0.25, 0.3) is 0 Å². The molecule has 1 nitrogen and oxygen atoms in total. The molecule has 1 aromatic rings. The molecule has 74 valence electrons. The molecule has 0 amide bonds. The van der Waals surface area contributed by atoms with E-state index in [2.05, 4.69) is 31.9 Å². The minimum absolute atomic E-state index is 0. The molecule has 1 atom stereocenters. The second-order valence-corrected chi connectivity index (χ2v) is 4.29. The largest absolute Gasteiger partial charge is 0.322 e. The second kappa shape index (κ2) is 5.96. The number of nitrogens with two attached hydrogens (primary N) is 1. The molecule has 0 aromatic heterocycles. The predicted octanol–water partition coefficient (Wildman–Crippen LogP) is 3.60. The van der Waals surface area contributed by atoms with Crippen LogP contribution in [0.5, 0.6) is 0 Å². The van der Waals surface area contributed by atoms with Crippen molar-refractivity contribution in [2.45, 2.75) is 6.04 Å². The smallest absolute Gasteiger partial charge is 0.109 e. The molecule has 0 radical (unpaired) electrons. The lowest BCUT2D eigenvalue weighted by molar-refractivity contribution is 0.437. The van der Waals surface area contributed by atoms with E-state index in [1.54, 1.807) is 0 Å². The van der Waals surface area contributed by atoms with E-state index in [-0.39, 0.29) is 12.4 Å². The standard InChI is InChI=1S/C8H8Br2FN.ClH/c9-6-1-5(8(12)4-11)2-7(10)3-6;/h1-3,8H,4,12H2;1H/t8-;/m1./s1. The van der Waals surface area contributed by atoms with Crippen molar-refractivity contribution >= 4 is 44.3 Å². The first kappa shape index (κ1) is 13.4. The zero-order valence-corrected chi connectivity index (χ0v) is 10.6.